The van der Waals surface area contributed by atoms with Gasteiger partial charge in [-0.2, -0.15) is 0 Å². The molecule has 0 spiro atoms. The fraction of sp³-hybridized carbons (Fsp3) is 0.263. The molecule has 2 aromatic carbocycles. The largest absolute Gasteiger partial charge is 0.497 e. The van der Waals surface area contributed by atoms with Gasteiger partial charge in [0.1, 0.15) is 5.75 Å². The number of rotatable bonds is 6. The zero-order chi connectivity index (χ0) is 20.3. The van der Waals surface area contributed by atoms with Gasteiger partial charge in [0.2, 0.25) is 11.8 Å². The quantitative estimate of drug-likeness (QED) is 0.745. The van der Waals surface area contributed by atoms with Crippen molar-refractivity contribution in [2.45, 2.75) is 28.4 Å². The van der Waals surface area contributed by atoms with Gasteiger partial charge in [-0.1, -0.05) is 0 Å². The first-order valence-electron chi connectivity index (χ1n) is 8.54. The fourth-order valence-electron chi connectivity index (χ4n) is 2.73. The molecule has 2 aromatic rings. The molecule has 1 aliphatic rings. The van der Waals surface area contributed by atoms with Crippen molar-refractivity contribution in [3.8, 4) is 5.75 Å². The van der Waals surface area contributed by atoms with Crippen molar-refractivity contribution in [2.75, 3.05) is 23.5 Å². The summed E-state index contributed by atoms with van der Waals surface area (Å²) in [4.78, 5) is 24.7. The Hall–Kier alpha value is -2.52. The molecule has 1 atom stereocenters. The van der Waals surface area contributed by atoms with Crippen LogP contribution in [0, 0.1) is 0 Å². The van der Waals surface area contributed by atoms with Crippen LogP contribution in [0.5, 0.6) is 5.75 Å². The summed E-state index contributed by atoms with van der Waals surface area (Å²) in [5.41, 5.74) is 1.04. The molecular weight excluding hydrogens is 400 g/mol. The molecule has 0 saturated carbocycles. The molecule has 0 saturated heterocycles. The number of fused-ring (bicyclic) bond motifs is 1. The van der Waals surface area contributed by atoms with E-state index in [-0.39, 0.29) is 17.2 Å². The van der Waals surface area contributed by atoms with Gasteiger partial charge in [-0.15, -0.1) is 11.8 Å². The third kappa shape index (κ3) is 4.48. The van der Waals surface area contributed by atoms with E-state index in [1.807, 2.05) is 0 Å². The maximum absolute atomic E-state index is 12.9. The Labute approximate surface area is 167 Å². The number of methoxy groups -OCH3 is 1. The fourth-order valence-corrected chi connectivity index (χ4v) is 4.89. The van der Waals surface area contributed by atoms with Crippen LogP contribution >= 0.6 is 11.8 Å². The van der Waals surface area contributed by atoms with E-state index < -0.39 is 21.0 Å². The monoisotopic (exact) mass is 420 g/mol. The van der Waals surface area contributed by atoms with Gasteiger partial charge in [-0.3, -0.25) is 9.59 Å². The van der Waals surface area contributed by atoms with Crippen LogP contribution < -0.4 is 15.4 Å². The van der Waals surface area contributed by atoms with Crippen molar-refractivity contribution in [2.24, 2.45) is 0 Å². The number of hydrogen-bond donors (Lipinski definition) is 2. The smallest absolute Gasteiger partial charge is 0.234 e. The summed E-state index contributed by atoms with van der Waals surface area (Å²) in [6.45, 7) is 1.50. The van der Waals surface area contributed by atoms with Crippen molar-refractivity contribution in [1.82, 2.24) is 0 Å². The van der Waals surface area contributed by atoms with Gasteiger partial charge >= 0.3 is 0 Å². The minimum absolute atomic E-state index is 0.0822. The molecule has 0 fully saturated rings. The Morgan fingerprint density at radius 1 is 1.25 bits per heavy atom. The van der Waals surface area contributed by atoms with Crippen molar-refractivity contribution in [3.63, 3.8) is 0 Å². The first-order valence-corrected chi connectivity index (χ1v) is 11.1. The normalized spacial score (nSPS) is 14.6. The number of thioether (sulfide) groups is 1. The maximum Gasteiger partial charge on any atom is 0.234 e. The molecule has 1 unspecified atom stereocenters. The SMILES string of the molecule is COc1ccc(NC(=O)CC(C)S(=O)(=O)c2ccc3c(c2)NC(=O)CS3)cc1. The van der Waals surface area contributed by atoms with Gasteiger partial charge in [0, 0.05) is 17.0 Å². The number of benzene rings is 2. The molecule has 2 N–H and O–H groups in total. The summed E-state index contributed by atoms with van der Waals surface area (Å²) < 4.78 is 30.8. The Kier molecular flexibility index (Phi) is 5.95. The van der Waals surface area contributed by atoms with Gasteiger partial charge in [0.15, 0.2) is 9.84 Å². The molecule has 9 heteroatoms. The summed E-state index contributed by atoms with van der Waals surface area (Å²) in [7, 11) is -2.18. The van der Waals surface area contributed by atoms with E-state index in [2.05, 4.69) is 10.6 Å². The number of ether oxygens (including phenoxy) is 1. The number of sulfone groups is 1. The highest BCUT2D eigenvalue weighted by Crippen LogP contribution is 2.34. The van der Waals surface area contributed by atoms with Crippen LogP contribution in [-0.4, -0.2) is 38.3 Å². The van der Waals surface area contributed by atoms with Crippen LogP contribution in [0.4, 0.5) is 11.4 Å². The molecule has 148 valence electrons. The summed E-state index contributed by atoms with van der Waals surface area (Å²) in [5.74, 6) is 0.398. The predicted octanol–water partition coefficient (Wildman–Crippen LogP) is 2.93. The minimum atomic E-state index is -3.73. The third-order valence-electron chi connectivity index (χ3n) is 4.29. The molecule has 2 amide bonds. The number of carbonyl (C=O) groups is 2. The van der Waals surface area contributed by atoms with E-state index in [1.54, 1.807) is 37.4 Å². The molecule has 1 heterocycles. The zero-order valence-electron chi connectivity index (χ0n) is 15.4. The molecule has 1 aliphatic heterocycles. The van der Waals surface area contributed by atoms with Gasteiger partial charge in [-0.05, 0) is 49.4 Å². The van der Waals surface area contributed by atoms with Gasteiger partial charge in [0.25, 0.3) is 0 Å². The standard InChI is InChI=1S/C19H20N2O5S2/c1-12(9-18(22)20-13-3-5-14(26-2)6-4-13)28(24,25)15-7-8-17-16(10-15)21-19(23)11-27-17/h3-8,10,12H,9,11H2,1-2H3,(H,20,22)(H,21,23). The molecule has 0 aromatic heterocycles. The minimum Gasteiger partial charge on any atom is -0.497 e. The van der Waals surface area contributed by atoms with E-state index in [0.717, 1.165) is 4.90 Å². The predicted molar refractivity (Wildman–Crippen MR) is 109 cm³/mol. The molecule has 0 radical (unpaired) electrons. The van der Waals surface area contributed by atoms with E-state index in [1.165, 1.54) is 30.8 Å². The lowest BCUT2D eigenvalue weighted by Gasteiger charge is -2.18. The number of amides is 2. The lowest BCUT2D eigenvalue weighted by Crippen LogP contribution is -2.25. The first kappa shape index (κ1) is 20.2. The Bertz CT molecular complexity index is 1000. The summed E-state index contributed by atoms with van der Waals surface area (Å²) >= 11 is 1.36. The second kappa shape index (κ2) is 8.24. The number of nitrogens with one attached hydrogen (secondary N) is 2. The summed E-state index contributed by atoms with van der Waals surface area (Å²) in [6.07, 6.45) is -0.188. The summed E-state index contributed by atoms with van der Waals surface area (Å²) in [5, 5.41) is 4.44. The number of hydrogen-bond acceptors (Lipinski definition) is 6. The average molecular weight is 421 g/mol. The first-order chi connectivity index (χ1) is 13.3. The zero-order valence-corrected chi connectivity index (χ0v) is 17.0. The van der Waals surface area contributed by atoms with Crippen LogP contribution in [0.15, 0.2) is 52.3 Å². The second-order valence-electron chi connectivity index (χ2n) is 6.33. The Morgan fingerprint density at radius 2 is 1.96 bits per heavy atom. The number of anilines is 2. The van der Waals surface area contributed by atoms with E-state index in [4.69, 9.17) is 4.74 Å². The molecular formula is C19H20N2O5S2. The maximum atomic E-state index is 12.9. The van der Waals surface area contributed by atoms with Crippen LogP contribution in [0.3, 0.4) is 0 Å². The van der Waals surface area contributed by atoms with Crippen molar-refractivity contribution < 1.29 is 22.7 Å². The molecule has 0 bridgehead atoms. The third-order valence-corrected chi connectivity index (χ3v) is 7.50. The van der Waals surface area contributed by atoms with Crippen LogP contribution in [0.2, 0.25) is 0 Å². The van der Waals surface area contributed by atoms with Crippen LogP contribution in [0.25, 0.3) is 0 Å². The topological polar surface area (TPSA) is 102 Å². The highest BCUT2D eigenvalue weighted by molar-refractivity contribution is 8.00. The number of carbonyl (C=O) groups excluding carboxylic acids is 2. The van der Waals surface area contributed by atoms with Crippen molar-refractivity contribution >= 4 is 44.8 Å². The summed E-state index contributed by atoms with van der Waals surface area (Å²) in [6, 6.07) is 11.4. The Morgan fingerprint density at radius 3 is 2.64 bits per heavy atom. The van der Waals surface area contributed by atoms with Crippen LogP contribution in [0.1, 0.15) is 13.3 Å². The lowest BCUT2D eigenvalue weighted by molar-refractivity contribution is -0.116. The van der Waals surface area contributed by atoms with Gasteiger partial charge < -0.3 is 15.4 Å². The molecule has 7 nitrogen and oxygen atoms in total. The molecule has 28 heavy (non-hydrogen) atoms. The lowest BCUT2D eigenvalue weighted by atomic mass is 10.2. The van der Waals surface area contributed by atoms with E-state index in [0.29, 0.717) is 22.9 Å². The van der Waals surface area contributed by atoms with E-state index >= 15 is 0 Å². The van der Waals surface area contributed by atoms with Gasteiger partial charge in [-0.25, -0.2) is 8.42 Å². The molecule has 3 rings (SSSR count). The highest BCUT2D eigenvalue weighted by atomic mass is 32.2. The van der Waals surface area contributed by atoms with Crippen molar-refractivity contribution in [1.29, 1.82) is 0 Å². The molecule has 0 aliphatic carbocycles. The van der Waals surface area contributed by atoms with E-state index in [9.17, 15) is 18.0 Å². The second-order valence-corrected chi connectivity index (χ2v) is 9.71. The highest BCUT2D eigenvalue weighted by Gasteiger charge is 2.27. The van der Waals surface area contributed by atoms with Crippen LogP contribution in [-0.2, 0) is 19.4 Å². The van der Waals surface area contributed by atoms with Crippen molar-refractivity contribution in [3.05, 3.63) is 42.5 Å². The Balaban J connectivity index is 1.70. The van der Waals surface area contributed by atoms with Gasteiger partial charge in [0.05, 0.1) is 28.7 Å². The average Bonchev–Trinajstić information content (AvgIpc) is 2.67.